The van der Waals surface area contributed by atoms with Crippen LogP contribution in [0, 0.1) is 5.92 Å². The summed E-state index contributed by atoms with van der Waals surface area (Å²) in [5.74, 6) is 0.372. The maximum Gasteiger partial charge on any atom is 0.238 e. The maximum atomic E-state index is 12.1. The summed E-state index contributed by atoms with van der Waals surface area (Å²) >= 11 is 0. The van der Waals surface area contributed by atoms with Crippen LogP contribution in [0.3, 0.4) is 0 Å². The van der Waals surface area contributed by atoms with Crippen LogP contribution < -0.4 is 0 Å². The van der Waals surface area contributed by atoms with Gasteiger partial charge < -0.3 is 4.90 Å². The highest BCUT2D eigenvalue weighted by Crippen LogP contribution is 2.15. The van der Waals surface area contributed by atoms with Crippen LogP contribution in [-0.2, 0) is 6.54 Å². The van der Waals surface area contributed by atoms with Crippen molar-refractivity contribution < 1.29 is 8.78 Å². The summed E-state index contributed by atoms with van der Waals surface area (Å²) in [6, 6.07) is 10.3. The molecule has 0 aromatic heterocycles. The van der Waals surface area contributed by atoms with Gasteiger partial charge in [-0.1, -0.05) is 37.3 Å². The molecule has 1 aromatic rings. The van der Waals surface area contributed by atoms with E-state index in [1.807, 2.05) is 18.2 Å². The molecule has 0 aliphatic heterocycles. The Morgan fingerprint density at radius 1 is 1.06 bits per heavy atom. The lowest BCUT2D eigenvalue weighted by molar-refractivity contribution is 0.127. The molecule has 0 fully saturated rings. The zero-order valence-corrected chi connectivity index (χ0v) is 11.3. The number of hydrogen-bond donors (Lipinski definition) is 0. The summed E-state index contributed by atoms with van der Waals surface area (Å²) in [5, 5.41) is 0. The van der Waals surface area contributed by atoms with Gasteiger partial charge in [0.1, 0.15) is 0 Å². The second-order valence-corrected chi connectivity index (χ2v) is 5.09. The third-order valence-corrected chi connectivity index (χ3v) is 3.18. The van der Waals surface area contributed by atoms with E-state index in [-0.39, 0.29) is 6.42 Å². The van der Waals surface area contributed by atoms with Crippen LogP contribution in [0.4, 0.5) is 8.78 Å². The predicted molar refractivity (Wildman–Crippen MR) is 71.8 cm³/mol. The molecule has 0 amide bonds. The van der Waals surface area contributed by atoms with Gasteiger partial charge in [-0.15, -0.1) is 0 Å². The second-order valence-electron chi connectivity index (χ2n) is 5.09. The van der Waals surface area contributed by atoms with Crippen molar-refractivity contribution in [3.63, 3.8) is 0 Å². The van der Waals surface area contributed by atoms with Crippen molar-refractivity contribution in [3.05, 3.63) is 35.9 Å². The fourth-order valence-electron chi connectivity index (χ4n) is 1.97. The van der Waals surface area contributed by atoms with E-state index >= 15 is 0 Å². The zero-order valence-electron chi connectivity index (χ0n) is 11.3. The van der Waals surface area contributed by atoms with E-state index in [1.165, 1.54) is 5.56 Å². The summed E-state index contributed by atoms with van der Waals surface area (Å²) in [6.45, 7) is 3.93. The van der Waals surface area contributed by atoms with Gasteiger partial charge in [0.05, 0.1) is 0 Å². The van der Waals surface area contributed by atoms with E-state index in [0.717, 1.165) is 19.5 Å². The van der Waals surface area contributed by atoms with Crippen molar-refractivity contribution in [1.29, 1.82) is 0 Å². The SMILES string of the molecule is CC(CCC(F)F)CCN(C)Cc1ccccc1. The third-order valence-electron chi connectivity index (χ3n) is 3.18. The van der Waals surface area contributed by atoms with Crippen LogP contribution in [0.15, 0.2) is 30.3 Å². The van der Waals surface area contributed by atoms with Crippen molar-refractivity contribution in [1.82, 2.24) is 4.90 Å². The largest absolute Gasteiger partial charge is 0.302 e. The van der Waals surface area contributed by atoms with E-state index in [9.17, 15) is 8.78 Å². The third kappa shape index (κ3) is 6.70. The Morgan fingerprint density at radius 2 is 1.72 bits per heavy atom. The molecule has 102 valence electrons. The van der Waals surface area contributed by atoms with Crippen LogP contribution in [0.5, 0.6) is 0 Å². The van der Waals surface area contributed by atoms with Crippen LogP contribution >= 0.6 is 0 Å². The lowest BCUT2D eigenvalue weighted by Gasteiger charge is -2.19. The van der Waals surface area contributed by atoms with E-state index in [0.29, 0.717) is 12.3 Å². The maximum absolute atomic E-state index is 12.1. The first kappa shape index (κ1) is 15.1. The highest BCUT2D eigenvalue weighted by molar-refractivity contribution is 5.14. The van der Waals surface area contributed by atoms with Crippen LogP contribution in [0.1, 0.15) is 31.7 Å². The number of benzene rings is 1. The minimum absolute atomic E-state index is 0.0313. The lowest BCUT2D eigenvalue weighted by Crippen LogP contribution is -2.20. The van der Waals surface area contributed by atoms with Gasteiger partial charge in [0.2, 0.25) is 6.43 Å². The Bertz CT molecular complexity index is 314. The average molecular weight is 255 g/mol. The van der Waals surface area contributed by atoms with Gasteiger partial charge in [0.15, 0.2) is 0 Å². The molecule has 0 saturated carbocycles. The summed E-state index contributed by atoms with van der Waals surface area (Å²) in [7, 11) is 2.08. The monoisotopic (exact) mass is 255 g/mol. The molecule has 1 unspecified atom stereocenters. The molecule has 0 aliphatic rings. The first-order chi connectivity index (χ1) is 8.58. The number of alkyl halides is 2. The topological polar surface area (TPSA) is 3.24 Å². The number of halogens is 2. The average Bonchev–Trinajstić information content (AvgIpc) is 2.35. The van der Waals surface area contributed by atoms with Gasteiger partial charge in [-0.05, 0) is 37.9 Å². The Kier molecular flexibility index (Phi) is 6.88. The highest BCUT2D eigenvalue weighted by atomic mass is 19.3. The van der Waals surface area contributed by atoms with Crippen LogP contribution in [0.25, 0.3) is 0 Å². The molecule has 0 bridgehead atoms. The molecular formula is C15H23F2N. The molecule has 18 heavy (non-hydrogen) atoms. The molecule has 1 atom stereocenters. The fourth-order valence-corrected chi connectivity index (χ4v) is 1.97. The highest BCUT2D eigenvalue weighted by Gasteiger charge is 2.09. The first-order valence-electron chi connectivity index (χ1n) is 6.58. The molecule has 0 spiro atoms. The van der Waals surface area contributed by atoms with E-state index < -0.39 is 6.43 Å². The van der Waals surface area contributed by atoms with Crippen LogP contribution in [-0.4, -0.2) is 24.9 Å². The first-order valence-corrected chi connectivity index (χ1v) is 6.58. The Hall–Kier alpha value is -0.960. The molecule has 3 heteroatoms. The molecule has 0 radical (unpaired) electrons. The summed E-state index contributed by atoms with van der Waals surface area (Å²) in [5.41, 5.74) is 1.29. The van der Waals surface area contributed by atoms with Crippen molar-refractivity contribution in [2.24, 2.45) is 5.92 Å². The molecule has 1 rings (SSSR count). The Balaban J connectivity index is 2.18. The molecule has 1 aromatic carbocycles. The van der Waals surface area contributed by atoms with Gasteiger partial charge in [-0.25, -0.2) is 8.78 Å². The second kappa shape index (κ2) is 8.20. The van der Waals surface area contributed by atoms with Gasteiger partial charge in [-0.3, -0.25) is 0 Å². The minimum Gasteiger partial charge on any atom is -0.302 e. The minimum atomic E-state index is -2.16. The summed E-state index contributed by atoms with van der Waals surface area (Å²) in [6.07, 6.45) is -0.522. The summed E-state index contributed by atoms with van der Waals surface area (Å²) < 4.78 is 24.1. The smallest absolute Gasteiger partial charge is 0.238 e. The normalized spacial score (nSPS) is 13.2. The van der Waals surface area contributed by atoms with Gasteiger partial charge >= 0.3 is 0 Å². The fraction of sp³-hybridized carbons (Fsp3) is 0.600. The quantitative estimate of drug-likeness (QED) is 0.673. The zero-order chi connectivity index (χ0) is 13.4. The van der Waals surface area contributed by atoms with E-state index in [1.54, 1.807) is 0 Å². The van der Waals surface area contributed by atoms with Gasteiger partial charge in [0, 0.05) is 13.0 Å². The van der Waals surface area contributed by atoms with Crippen molar-refractivity contribution >= 4 is 0 Å². The lowest BCUT2D eigenvalue weighted by atomic mass is 10.0. The summed E-state index contributed by atoms with van der Waals surface area (Å²) in [4.78, 5) is 2.24. The molecule has 0 heterocycles. The van der Waals surface area contributed by atoms with E-state index in [4.69, 9.17) is 0 Å². The van der Waals surface area contributed by atoms with E-state index in [2.05, 4.69) is 31.0 Å². The van der Waals surface area contributed by atoms with Crippen molar-refractivity contribution in [2.75, 3.05) is 13.6 Å². The number of rotatable bonds is 8. The molecular weight excluding hydrogens is 232 g/mol. The Morgan fingerprint density at radius 3 is 2.33 bits per heavy atom. The Labute approximate surface area is 109 Å². The molecule has 1 nitrogen and oxygen atoms in total. The number of hydrogen-bond acceptors (Lipinski definition) is 1. The standard InChI is InChI=1S/C15H23F2N/c1-13(8-9-15(16)17)10-11-18(2)12-14-6-4-3-5-7-14/h3-7,13,15H,8-12H2,1-2H3. The predicted octanol–water partition coefficient (Wildman–Crippen LogP) is 4.19. The van der Waals surface area contributed by atoms with Gasteiger partial charge in [-0.2, -0.15) is 0 Å². The van der Waals surface area contributed by atoms with Crippen molar-refractivity contribution in [3.8, 4) is 0 Å². The molecule has 0 aliphatic carbocycles. The molecule has 0 N–H and O–H groups in total. The van der Waals surface area contributed by atoms with Gasteiger partial charge in [0.25, 0.3) is 0 Å². The molecule has 0 saturated heterocycles. The van der Waals surface area contributed by atoms with Crippen molar-refractivity contribution in [2.45, 2.75) is 39.2 Å². The number of nitrogens with zero attached hydrogens (tertiary/aromatic N) is 1. The van der Waals surface area contributed by atoms with Crippen LogP contribution in [0.2, 0.25) is 0 Å².